The standard InChI is InChI=1S/Ba.Cr.4O.Zr/q+2;;;;2*-1;. The van der Waals surface area contributed by atoms with E-state index in [-0.39, 0.29) is 75.1 Å². The molecule has 0 N–H and O–H groups in total. The van der Waals surface area contributed by atoms with Crippen LogP contribution < -0.4 is 8.32 Å². The summed E-state index contributed by atoms with van der Waals surface area (Å²) in [5, 5.41) is 0. The molecule has 0 amide bonds. The Balaban J connectivity index is -0.0000000800. The number of hydrogen-bond donors (Lipinski definition) is 0. The van der Waals surface area contributed by atoms with Gasteiger partial charge in [-0.25, -0.2) is 0 Å². The summed E-state index contributed by atoms with van der Waals surface area (Å²) in [6, 6.07) is 0. The Morgan fingerprint density at radius 3 is 1.14 bits per heavy atom. The smallest absolute Gasteiger partial charge is 0 e. The SMILES string of the molecule is [Ba+2].[O]=[Cr](=[O])([O-])[O-].[Zr]. The van der Waals surface area contributed by atoms with E-state index in [4.69, 9.17) is 15.9 Å². The maximum absolute atomic E-state index is 8.59. The van der Waals surface area contributed by atoms with Gasteiger partial charge in [0.15, 0.2) is 0 Å². The molecule has 0 aliphatic heterocycles. The molecule has 0 aliphatic carbocycles. The van der Waals surface area contributed by atoms with Crippen LogP contribution in [0.2, 0.25) is 0 Å². The molecule has 0 heterocycles. The molecule has 0 aliphatic rings. The monoisotopic (exact) mass is 344 g/mol. The summed E-state index contributed by atoms with van der Waals surface area (Å²) in [7, 11) is 0. The molecule has 0 atom stereocenters. The first kappa shape index (κ1) is 16.2. The molecule has 0 radical (unpaired) electrons. The molecule has 0 aromatic rings. The van der Waals surface area contributed by atoms with E-state index < -0.39 is 13.6 Å². The molecule has 0 saturated heterocycles. The van der Waals surface area contributed by atoms with Gasteiger partial charge in [-0.05, 0) is 0 Å². The molecule has 0 spiro atoms. The molecule has 7 heteroatoms. The molecule has 0 aromatic carbocycles. The Morgan fingerprint density at radius 1 is 1.14 bits per heavy atom. The van der Waals surface area contributed by atoms with Gasteiger partial charge in [-0.1, -0.05) is 0 Å². The second-order valence-electron chi connectivity index (χ2n) is 0.408. The number of hydrogen-bond acceptors (Lipinski definition) is 4. The predicted molar refractivity (Wildman–Crippen MR) is 7.13 cm³/mol. The van der Waals surface area contributed by atoms with Crippen LogP contribution in [-0.4, -0.2) is 48.9 Å². The fourth-order valence-electron chi connectivity index (χ4n) is 0. The zero-order chi connectivity index (χ0) is 4.50. The Labute approximate surface area is 102 Å². The van der Waals surface area contributed by atoms with Gasteiger partial charge in [0.05, 0.1) is 0 Å². The van der Waals surface area contributed by atoms with Crippen molar-refractivity contribution in [3.63, 3.8) is 0 Å². The molecular weight excluding hydrogens is 345 g/mol. The first-order chi connectivity index (χ1) is 2.00. The molecule has 4 nitrogen and oxygen atoms in total. The van der Waals surface area contributed by atoms with E-state index >= 15 is 0 Å². The minimum Gasteiger partial charge on any atom is 0 e. The normalized spacial score (nSPS) is 8.29. The van der Waals surface area contributed by atoms with E-state index in [2.05, 4.69) is 0 Å². The van der Waals surface area contributed by atoms with Gasteiger partial charge < -0.3 is 0 Å². The van der Waals surface area contributed by atoms with Crippen LogP contribution in [0.4, 0.5) is 0 Å². The van der Waals surface area contributed by atoms with E-state index in [1.54, 1.807) is 0 Å². The van der Waals surface area contributed by atoms with Gasteiger partial charge in [-0.15, -0.1) is 0 Å². The summed E-state index contributed by atoms with van der Waals surface area (Å²) in [6.45, 7) is 0. The summed E-state index contributed by atoms with van der Waals surface area (Å²) in [5.74, 6) is 0. The topological polar surface area (TPSA) is 80.3 Å². The van der Waals surface area contributed by atoms with Crippen molar-refractivity contribution >= 4 is 48.9 Å². The van der Waals surface area contributed by atoms with Gasteiger partial charge in [-0.3, -0.25) is 0 Å². The molecule has 0 bridgehead atoms. The maximum atomic E-state index is 8.59. The van der Waals surface area contributed by atoms with Crippen LogP contribution >= 0.6 is 0 Å². The maximum Gasteiger partial charge on any atom is 0 e. The molecule has 36 valence electrons. The van der Waals surface area contributed by atoms with E-state index in [0.29, 0.717) is 0 Å². The van der Waals surface area contributed by atoms with Crippen molar-refractivity contribution in [1.29, 1.82) is 0 Å². The van der Waals surface area contributed by atoms with Crippen molar-refractivity contribution in [3.05, 3.63) is 0 Å². The van der Waals surface area contributed by atoms with Gasteiger partial charge >= 0.3 is 78.4 Å². The fourth-order valence-corrected chi connectivity index (χ4v) is 0. The first-order valence-electron chi connectivity index (χ1n) is 0.667. The van der Waals surface area contributed by atoms with Crippen molar-refractivity contribution < 1.29 is 55.7 Å². The van der Waals surface area contributed by atoms with Gasteiger partial charge in [-0.2, -0.15) is 0 Å². The van der Waals surface area contributed by atoms with Crippen molar-refractivity contribution in [2.75, 3.05) is 0 Å². The quantitative estimate of drug-likeness (QED) is 0.439. The van der Waals surface area contributed by atoms with E-state index in [9.17, 15) is 0 Å². The third-order valence-electron chi connectivity index (χ3n) is 0. The van der Waals surface area contributed by atoms with E-state index in [0.717, 1.165) is 0 Å². The van der Waals surface area contributed by atoms with Crippen molar-refractivity contribution in [1.82, 2.24) is 0 Å². The Morgan fingerprint density at radius 2 is 1.14 bits per heavy atom. The van der Waals surface area contributed by atoms with Crippen molar-refractivity contribution in [3.8, 4) is 0 Å². The molecule has 0 unspecified atom stereocenters. The average Bonchev–Trinajstić information content (AvgIpc) is 0.722. The van der Waals surface area contributed by atoms with Crippen molar-refractivity contribution in [2.24, 2.45) is 0 Å². The second kappa shape index (κ2) is 6.62. The summed E-state index contributed by atoms with van der Waals surface area (Å²) in [5.41, 5.74) is 0. The first-order valence-corrected chi connectivity index (χ1v) is 2.75. The second-order valence-corrected chi connectivity index (χ2v) is 1.68. The Bertz CT molecular complexity index is 94.9. The van der Waals surface area contributed by atoms with Gasteiger partial charge in [0.25, 0.3) is 0 Å². The minimum atomic E-state index is -5.75. The largest absolute Gasteiger partial charge is 0 e. The zero-order valence-corrected chi connectivity index (χ0v) is 11.4. The summed E-state index contributed by atoms with van der Waals surface area (Å²) in [4.78, 5) is 0. The molecule has 0 fully saturated rings. The number of rotatable bonds is 0. The van der Waals surface area contributed by atoms with Gasteiger partial charge in [0.1, 0.15) is 0 Å². The Kier molecular flexibility index (Phi) is 15.4. The summed E-state index contributed by atoms with van der Waals surface area (Å²) < 4.78 is 34.4. The van der Waals surface area contributed by atoms with Crippen LogP contribution in [0.25, 0.3) is 0 Å². The molecular formula is BaCrO4Zr. The van der Waals surface area contributed by atoms with Crippen LogP contribution in [-0.2, 0) is 47.4 Å². The molecule has 0 aromatic heterocycles. The average molecular weight is 345 g/mol. The Hall–Kier alpha value is 2.51. The third-order valence-corrected chi connectivity index (χ3v) is 0. The predicted octanol–water partition coefficient (Wildman–Crippen LogP) is -3.00. The van der Waals surface area contributed by atoms with Gasteiger partial charge in [0, 0.05) is 26.2 Å². The van der Waals surface area contributed by atoms with Crippen LogP contribution in [0.3, 0.4) is 0 Å². The minimum absolute atomic E-state index is 0. The fraction of sp³-hybridized carbons (Fsp3) is 0. The summed E-state index contributed by atoms with van der Waals surface area (Å²) in [6.07, 6.45) is 0. The zero-order valence-electron chi connectivity index (χ0n) is 3.25. The molecule has 0 rings (SSSR count). The van der Waals surface area contributed by atoms with E-state index in [1.807, 2.05) is 0 Å². The third kappa shape index (κ3) is 57.3. The van der Waals surface area contributed by atoms with Crippen LogP contribution in [0, 0.1) is 0 Å². The van der Waals surface area contributed by atoms with Crippen LogP contribution in [0.15, 0.2) is 0 Å². The van der Waals surface area contributed by atoms with Crippen molar-refractivity contribution in [2.45, 2.75) is 0 Å². The molecule has 7 heavy (non-hydrogen) atoms. The van der Waals surface area contributed by atoms with Crippen LogP contribution in [0.5, 0.6) is 0 Å². The van der Waals surface area contributed by atoms with Crippen LogP contribution in [0.1, 0.15) is 0 Å². The van der Waals surface area contributed by atoms with Gasteiger partial charge in [0.2, 0.25) is 0 Å². The summed E-state index contributed by atoms with van der Waals surface area (Å²) >= 11 is -5.75. The molecule has 0 saturated carbocycles. The van der Waals surface area contributed by atoms with E-state index in [1.165, 1.54) is 0 Å².